The van der Waals surface area contributed by atoms with E-state index in [4.69, 9.17) is 4.74 Å². The van der Waals surface area contributed by atoms with Crippen molar-refractivity contribution in [1.82, 2.24) is 0 Å². The molecular formula is C28H27N3O4. The van der Waals surface area contributed by atoms with E-state index in [0.29, 0.717) is 17.0 Å². The van der Waals surface area contributed by atoms with Gasteiger partial charge in [-0.1, -0.05) is 56.7 Å². The highest BCUT2D eigenvalue weighted by Crippen LogP contribution is 2.34. The molecule has 0 unspecified atom stereocenters. The fourth-order valence-corrected chi connectivity index (χ4v) is 3.46. The molecule has 0 aliphatic carbocycles. The third-order valence-corrected chi connectivity index (χ3v) is 5.43. The summed E-state index contributed by atoms with van der Waals surface area (Å²) < 4.78 is 5.77. The van der Waals surface area contributed by atoms with Crippen LogP contribution in [0.15, 0.2) is 66.2 Å². The fourth-order valence-electron chi connectivity index (χ4n) is 3.46. The first-order chi connectivity index (χ1) is 16.5. The van der Waals surface area contributed by atoms with Gasteiger partial charge in [0.1, 0.15) is 17.4 Å². The van der Waals surface area contributed by atoms with Gasteiger partial charge in [0.2, 0.25) is 5.75 Å². The maximum Gasteiger partial charge on any atom is 0.312 e. The van der Waals surface area contributed by atoms with Crippen LogP contribution in [-0.4, -0.2) is 10.8 Å². The normalized spacial score (nSPS) is 11.5. The van der Waals surface area contributed by atoms with Crippen molar-refractivity contribution in [2.75, 3.05) is 5.32 Å². The van der Waals surface area contributed by atoms with Crippen LogP contribution < -0.4 is 10.1 Å². The first-order valence-corrected chi connectivity index (χ1v) is 11.0. The van der Waals surface area contributed by atoms with Crippen LogP contribution in [0.25, 0.3) is 6.08 Å². The molecule has 0 saturated carbocycles. The predicted octanol–water partition coefficient (Wildman–Crippen LogP) is 6.85. The van der Waals surface area contributed by atoms with Crippen LogP contribution in [0.2, 0.25) is 0 Å². The number of nitrogens with one attached hydrogen (secondary N) is 1. The molecule has 35 heavy (non-hydrogen) atoms. The van der Waals surface area contributed by atoms with E-state index < -0.39 is 10.8 Å². The Balaban J connectivity index is 1.85. The van der Waals surface area contributed by atoms with Gasteiger partial charge >= 0.3 is 5.69 Å². The van der Waals surface area contributed by atoms with Crippen LogP contribution in [0.1, 0.15) is 43.0 Å². The van der Waals surface area contributed by atoms with Crippen molar-refractivity contribution >= 4 is 23.4 Å². The number of carbonyl (C=O) groups excluding carboxylic acids is 1. The smallest absolute Gasteiger partial charge is 0.312 e. The molecular weight excluding hydrogens is 442 g/mol. The van der Waals surface area contributed by atoms with Gasteiger partial charge in [0.05, 0.1) is 4.92 Å². The molecule has 0 bridgehead atoms. The van der Waals surface area contributed by atoms with Crippen LogP contribution in [-0.2, 0) is 10.2 Å². The van der Waals surface area contributed by atoms with Gasteiger partial charge in [-0.25, -0.2) is 0 Å². The van der Waals surface area contributed by atoms with Crippen molar-refractivity contribution in [1.29, 1.82) is 5.26 Å². The Morgan fingerprint density at radius 3 is 2.31 bits per heavy atom. The Labute approximate surface area is 204 Å². The molecule has 0 heterocycles. The second-order valence-electron chi connectivity index (χ2n) is 9.30. The number of nitriles is 1. The summed E-state index contributed by atoms with van der Waals surface area (Å²) in [5.41, 5.74) is 3.48. The molecule has 3 rings (SSSR count). The monoisotopic (exact) mass is 469 g/mol. The zero-order valence-electron chi connectivity index (χ0n) is 20.4. The molecule has 3 aromatic rings. The third kappa shape index (κ3) is 6.33. The highest BCUT2D eigenvalue weighted by Gasteiger charge is 2.19. The van der Waals surface area contributed by atoms with Gasteiger partial charge < -0.3 is 10.1 Å². The van der Waals surface area contributed by atoms with Gasteiger partial charge in [-0.15, -0.1) is 0 Å². The molecule has 7 nitrogen and oxygen atoms in total. The predicted molar refractivity (Wildman–Crippen MR) is 136 cm³/mol. The standard InChI is InChI=1S/C28H27N3O4/c1-18-6-12-24(19(2)14-18)30-27(32)21(17-29)15-20-7-13-26(25(16-20)31(33)34)35-23-10-8-22(9-11-23)28(3,4)5/h6-16H,1-5H3,(H,30,32)/b21-15-. The first kappa shape index (κ1) is 25.2. The molecule has 0 aliphatic heterocycles. The number of anilines is 1. The lowest BCUT2D eigenvalue weighted by molar-refractivity contribution is -0.385. The van der Waals surface area contributed by atoms with Gasteiger partial charge in [-0.3, -0.25) is 14.9 Å². The molecule has 0 saturated heterocycles. The lowest BCUT2D eigenvalue weighted by Gasteiger charge is -2.19. The number of carbonyl (C=O) groups is 1. The third-order valence-electron chi connectivity index (χ3n) is 5.43. The average Bonchev–Trinajstić information content (AvgIpc) is 2.79. The van der Waals surface area contributed by atoms with Crippen molar-refractivity contribution in [3.63, 3.8) is 0 Å². The van der Waals surface area contributed by atoms with E-state index in [1.165, 1.54) is 18.2 Å². The lowest BCUT2D eigenvalue weighted by atomic mass is 9.87. The van der Waals surface area contributed by atoms with Gasteiger partial charge in [-0.2, -0.15) is 5.26 Å². The van der Waals surface area contributed by atoms with Crippen molar-refractivity contribution in [3.8, 4) is 17.6 Å². The first-order valence-electron chi connectivity index (χ1n) is 11.0. The van der Waals surface area contributed by atoms with Gasteiger partial charge in [-0.05, 0) is 66.3 Å². The average molecular weight is 470 g/mol. The molecule has 7 heteroatoms. The van der Waals surface area contributed by atoms with E-state index in [0.717, 1.165) is 16.7 Å². The van der Waals surface area contributed by atoms with E-state index >= 15 is 0 Å². The summed E-state index contributed by atoms with van der Waals surface area (Å²) in [6.07, 6.45) is 1.31. The Morgan fingerprint density at radius 1 is 1.06 bits per heavy atom. The minimum Gasteiger partial charge on any atom is -0.450 e. The largest absolute Gasteiger partial charge is 0.450 e. The minimum atomic E-state index is -0.596. The Hall–Kier alpha value is -4.44. The van der Waals surface area contributed by atoms with Gasteiger partial charge in [0.25, 0.3) is 5.91 Å². The van der Waals surface area contributed by atoms with E-state index in [9.17, 15) is 20.2 Å². The molecule has 1 amide bonds. The summed E-state index contributed by atoms with van der Waals surface area (Å²) >= 11 is 0. The highest BCUT2D eigenvalue weighted by atomic mass is 16.6. The van der Waals surface area contributed by atoms with Crippen LogP contribution in [0.5, 0.6) is 11.5 Å². The molecule has 3 aromatic carbocycles. The number of ether oxygens (including phenoxy) is 1. The van der Waals surface area contributed by atoms with Gasteiger partial charge in [0.15, 0.2) is 0 Å². The molecule has 178 valence electrons. The number of nitro benzene ring substituents is 1. The van der Waals surface area contributed by atoms with Crippen molar-refractivity contribution in [2.45, 2.75) is 40.0 Å². The number of hydrogen-bond donors (Lipinski definition) is 1. The SMILES string of the molecule is Cc1ccc(NC(=O)/C(C#N)=C\c2ccc(Oc3ccc(C(C)(C)C)cc3)c([N+](=O)[O-])c2)c(C)c1. The maximum atomic E-state index is 12.6. The molecule has 0 spiro atoms. The maximum absolute atomic E-state index is 12.6. The number of nitro groups is 1. The Kier molecular flexibility index (Phi) is 7.36. The molecule has 0 aromatic heterocycles. The number of amides is 1. The van der Waals surface area contributed by atoms with Crippen molar-refractivity contribution in [2.24, 2.45) is 0 Å². The molecule has 0 aliphatic rings. The number of nitrogens with zero attached hydrogens (tertiary/aromatic N) is 2. The summed E-state index contributed by atoms with van der Waals surface area (Å²) in [4.78, 5) is 23.8. The lowest BCUT2D eigenvalue weighted by Crippen LogP contribution is -2.14. The summed E-state index contributed by atoms with van der Waals surface area (Å²) in [6, 6.07) is 19.1. The Morgan fingerprint density at radius 2 is 1.74 bits per heavy atom. The van der Waals surface area contributed by atoms with E-state index in [1.54, 1.807) is 24.3 Å². The van der Waals surface area contributed by atoms with E-state index in [-0.39, 0.29) is 22.4 Å². The zero-order valence-corrected chi connectivity index (χ0v) is 20.4. The van der Waals surface area contributed by atoms with Crippen LogP contribution in [0, 0.1) is 35.3 Å². The van der Waals surface area contributed by atoms with E-state index in [1.807, 2.05) is 44.2 Å². The van der Waals surface area contributed by atoms with Crippen LogP contribution >= 0.6 is 0 Å². The fraction of sp³-hybridized carbons (Fsp3) is 0.214. The molecule has 0 atom stereocenters. The zero-order chi connectivity index (χ0) is 25.8. The number of hydrogen-bond acceptors (Lipinski definition) is 5. The summed E-state index contributed by atoms with van der Waals surface area (Å²) in [7, 11) is 0. The summed E-state index contributed by atoms with van der Waals surface area (Å²) in [6.45, 7) is 10.1. The quantitative estimate of drug-likeness (QED) is 0.184. The molecule has 0 radical (unpaired) electrons. The van der Waals surface area contributed by atoms with Crippen molar-refractivity contribution in [3.05, 3.63) is 98.6 Å². The second-order valence-corrected chi connectivity index (χ2v) is 9.30. The summed E-state index contributed by atoms with van der Waals surface area (Å²) in [5, 5.41) is 23.9. The Bertz CT molecular complexity index is 1340. The van der Waals surface area contributed by atoms with Gasteiger partial charge in [0, 0.05) is 11.8 Å². The topological polar surface area (TPSA) is 105 Å². The minimum absolute atomic E-state index is 0.0264. The highest BCUT2D eigenvalue weighted by molar-refractivity contribution is 6.10. The molecule has 1 N–H and O–H groups in total. The number of benzene rings is 3. The number of aryl methyl sites for hydroxylation is 2. The summed E-state index contributed by atoms with van der Waals surface area (Å²) in [5.74, 6) is -0.0646. The molecule has 0 fully saturated rings. The van der Waals surface area contributed by atoms with E-state index in [2.05, 4.69) is 26.1 Å². The number of rotatable bonds is 6. The van der Waals surface area contributed by atoms with Crippen LogP contribution in [0.3, 0.4) is 0 Å². The second kappa shape index (κ2) is 10.2. The van der Waals surface area contributed by atoms with Crippen molar-refractivity contribution < 1.29 is 14.5 Å². The van der Waals surface area contributed by atoms with Crippen LogP contribution in [0.4, 0.5) is 11.4 Å².